The fourth-order valence-electron chi connectivity index (χ4n) is 3.40. The lowest BCUT2D eigenvalue weighted by molar-refractivity contribution is 0.0998. The van der Waals surface area contributed by atoms with Crippen LogP contribution in [0.15, 0.2) is 66.4 Å². The molecule has 2 atom stereocenters. The van der Waals surface area contributed by atoms with Gasteiger partial charge in [0.1, 0.15) is 5.60 Å². The number of aromatic amines is 1. The van der Waals surface area contributed by atoms with E-state index >= 15 is 0 Å². The van der Waals surface area contributed by atoms with Gasteiger partial charge in [0.05, 0.1) is 0 Å². The van der Waals surface area contributed by atoms with Gasteiger partial charge in [-0.1, -0.05) is 30.7 Å². The molecule has 1 aliphatic carbocycles. The van der Waals surface area contributed by atoms with Crippen LogP contribution in [0.2, 0.25) is 5.02 Å². The van der Waals surface area contributed by atoms with Crippen LogP contribution in [0, 0.1) is 5.41 Å². The van der Waals surface area contributed by atoms with Gasteiger partial charge < -0.3 is 4.98 Å². The Morgan fingerprint density at radius 1 is 1.13 bits per heavy atom. The van der Waals surface area contributed by atoms with Crippen molar-refractivity contribution in [3.05, 3.63) is 82.7 Å². The van der Waals surface area contributed by atoms with Crippen molar-refractivity contribution in [2.45, 2.75) is 25.9 Å². The first-order valence-corrected chi connectivity index (χ1v) is 11.2. The van der Waals surface area contributed by atoms with E-state index in [4.69, 9.17) is 15.8 Å². The summed E-state index contributed by atoms with van der Waals surface area (Å²) in [7, 11) is -1.17. The van der Waals surface area contributed by atoms with E-state index in [1.807, 2.05) is 31.3 Å². The Morgan fingerprint density at radius 3 is 2.37 bits per heavy atom. The fourth-order valence-corrected chi connectivity index (χ4v) is 4.23. The summed E-state index contributed by atoms with van der Waals surface area (Å²) in [5, 5.41) is 0.531. The first-order valence-electron chi connectivity index (χ1n) is 9.43. The van der Waals surface area contributed by atoms with Gasteiger partial charge in [-0.05, 0) is 49.4 Å². The summed E-state index contributed by atoms with van der Waals surface area (Å²) in [5.41, 5.74) is -0.0699. The molecule has 1 aliphatic rings. The third-order valence-electron chi connectivity index (χ3n) is 5.13. The normalized spacial score (nSPS) is 24.1. The molecule has 8 heteroatoms. The molecule has 2 aromatic rings. The molecule has 1 aromatic heterocycles. The van der Waals surface area contributed by atoms with E-state index in [1.165, 1.54) is 14.1 Å². The zero-order valence-electron chi connectivity index (χ0n) is 17.3. The predicted molar refractivity (Wildman–Crippen MR) is 118 cm³/mol. The highest BCUT2D eigenvalue weighted by Crippen LogP contribution is 2.41. The molecular formula is C22H25ClN2O4S. The van der Waals surface area contributed by atoms with E-state index in [0.29, 0.717) is 22.6 Å². The van der Waals surface area contributed by atoms with Gasteiger partial charge in [-0.15, -0.1) is 0 Å². The van der Waals surface area contributed by atoms with Crippen LogP contribution in [0.1, 0.15) is 29.9 Å². The molecule has 1 aromatic carbocycles. The predicted octanol–water partition coefficient (Wildman–Crippen LogP) is 4.18. The molecule has 0 radical (unpaired) electrons. The average molecular weight is 449 g/mol. The number of halogens is 1. The van der Waals surface area contributed by atoms with Crippen LogP contribution in [-0.2, 0) is 20.9 Å². The molecule has 30 heavy (non-hydrogen) atoms. The van der Waals surface area contributed by atoms with E-state index in [9.17, 15) is 13.2 Å². The standard InChI is InChI=1S/C22H25ClN2O4S/c1-21(14-18-6-5-13-24-18)11-12-22(2,29-30(27,28)25(3)4)15-19(21)20(26)16-7-9-17(23)10-8-16/h5-13,15,24H,14H2,1-4H3. The van der Waals surface area contributed by atoms with Gasteiger partial charge in [-0.2, -0.15) is 12.7 Å². The number of hydrogen-bond acceptors (Lipinski definition) is 4. The molecule has 1 N–H and O–H groups in total. The van der Waals surface area contributed by atoms with E-state index in [1.54, 1.807) is 43.3 Å². The molecule has 6 nitrogen and oxygen atoms in total. The number of H-pyrrole nitrogens is 1. The molecule has 3 rings (SSSR count). The third-order valence-corrected chi connectivity index (χ3v) is 6.85. The van der Waals surface area contributed by atoms with E-state index in [0.717, 1.165) is 10.00 Å². The van der Waals surface area contributed by atoms with Crippen molar-refractivity contribution in [3.8, 4) is 0 Å². The van der Waals surface area contributed by atoms with Gasteiger partial charge in [0, 0.05) is 54.0 Å². The van der Waals surface area contributed by atoms with Crippen molar-refractivity contribution in [2.75, 3.05) is 14.1 Å². The topological polar surface area (TPSA) is 79.5 Å². The highest BCUT2D eigenvalue weighted by atomic mass is 35.5. The minimum absolute atomic E-state index is 0.206. The van der Waals surface area contributed by atoms with Crippen LogP contribution in [0.25, 0.3) is 0 Å². The monoisotopic (exact) mass is 448 g/mol. The van der Waals surface area contributed by atoms with Gasteiger partial charge in [0.25, 0.3) is 0 Å². The number of carbonyl (C=O) groups is 1. The summed E-state index contributed by atoms with van der Waals surface area (Å²) in [5.74, 6) is -0.206. The zero-order chi connectivity index (χ0) is 22.2. The van der Waals surface area contributed by atoms with Crippen LogP contribution in [0.4, 0.5) is 0 Å². The summed E-state index contributed by atoms with van der Waals surface area (Å²) in [6.07, 6.45) is 7.51. The fraction of sp³-hybridized carbons (Fsp3) is 0.318. The van der Waals surface area contributed by atoms with Gasteiger partial charge in [0.2, 0.25) is 0 Å². The van der Waals surface area contributed by atoms with Crippen molar-refractivity contribution in [1.82, 2.24) is 9.29 Å². The zero-order valence-corrected chi connectivity index (χ0v) is 18.9. The SMILES string of the molecule is CN(C)S(=O)(=O)OC1(C)C=CC(C)(Cc2ccc[nH]2)C(C(=O)c2ccc(Cl)cc2)=C1. The Labute approximate surface area is 182 Å². The lowest BCUT2D eigenvalue weighted by Gasteiger charge is -2.37. The minimum atomic E-state index is -3.96. The summed E-state index contributed by atoms with van der Waals surface area (Å²) in [6, 6.07) is 10.5. The van der Waals surface area contributed by atoms with Crippen LogP contribution in [-0.4, -0.2) is 43.2 Å². The number of aromatic nitrogens is 1. The van der Waals surface area contributed by atoms with E-state index < -0.39 is 21.3 Å². The molecule has 0 saturated heterocycles. The van der Waals surface area contributed by atoms with Crippen molar-refractivity contribution >= 4 is 27.7 Å². The van der Waals surface area contributed by atoms with Gasteiger partial charge in [-0.3, -0.25) is 4.79 Å². The number of rotatable bonds is 7. The van der Waals surface area contributed by atoms with Gasteiger partial charge in [-0.25, -0.2) is 4.18 Å². The number of Topliss-reactive ketones (excluding diaryl/α,β-unsaturated/α-hetero) is 1. The largest absolute Gasteiger partial charge is 0.365 e. The molecule has 0 fully saturated rings. The second-order valence-corrected chi connectivity index (χ2v) is 10.2. The molecule has 0 spiro atoms. The summed E-state index contributed by atoms with van der Waals surface area (Å²) in [6.45, 7) is 3.57. The highest BCUT2D eigenvalue weighted by Gasteiger charge is 2.41. The Balaban J connectivity index is 2.06. The summed E-state index contributed by atoms with van der Waals surface area (Å²) in [4.78, 5) is 16.6. The molecule has 0 amide bonds. The lowest BCUT2D eigenvalue weighted by atomic mass is 9.70. The van der Waals surface area contributed by atoms with Crippen LogP contribution < -0.4 is 0 Å². The Morgan fingerprint density at radius 2 is 1.80 bits per heavy atom. The molecular weight excluding hydrogens is 424 g/mol. The van der Waals surface area contributed by atoms with Crippen molar-refractivity contribution in [1.29, 1.82) is 0 Å². The first-order chi connectivity index (χ1) is 13.9. The quantitative estimate of drug-likeness (QED) is 0.509. The number of benzene rings is 1. The van der Waals surface area contributed by atoms with E-state index in [-0.39, 0.29) is 5.78 Å². The number of hydrogen-bond donors (Lipinski definition) is 1. The van der Waals surface area contributed by atoms with E-state index in [2.05, 4.69) is 4.98 Å². The second-order valence-electron chi connectivity index (χ2n) is 8.02. The lowest BCUT2D eigenvalue weighted by Crippen LogP contribution is -2.39. The third kappa shape index (κ3) is 4.75. The van der Waals surface area contributed by atoms with Crippen molar-refractivity contribution < 1.29 is 17.4 Å². The smallest absolute Gasteiger partial charge is 0.339 e. The molecule has 2 unspecified atom stereocenters. The van der Waals surface area contributed by atoms with Crippen LogP contribution >= 0.6 is 11.6 Å². The Kier molecular flexibility index (Phi) is 6.11. The van der Waals surface area contributed by atoms with Crippen LogP contribution in [0.5, 0.6) is 0 Å². The maximum absolute atomic E-state index is 13.5. The van der Waals surface area contributed by atoms with Crippen molar-refractivity contribution in [2.24, 2.45) is 5.41 Å². The maximum atomic E-state index is 13.5. The maximum Gasteiger partial charge on any atom is 0.339 e. The summed E-state index contributed by atoms with van der Waals surface area (Å²) < 4.78 is 31.1. The molecule has 0 saturated carbocycles. The Hall–Kier alpha value is -2.19. The molecule has 1 heterocycles. The number of nitrogens with zero attached hydrogens (tertiary/aromatic N) is 1. The molecule has 160 valence electrons. The minimum Gasteiger partial charge on any atom is -0.365 e. The van der Waals surface area contributed by atoms with Gasteiger partial charge in [0.15, 0.2) is 5.78 Å². The average Bonchev–Trinajstić information content (AvgIpc) is 3.16. The second kappa shape index (κ2) is 8.15. The number of carbonyl (C=O) groups excluding carboxylic acids is 1. The van der Waals surface area contributed by atoms with Gasteiger partial charge >= 0.3 is 10.3 Å². The molecule has 0 aliphatic heterocycles. The molecule has 0 bridgehead atoms. The Bertz CT molecular complexity index is 1090. The highest BCUT2D eigenvalue weighted by molar-refractivity contribution is 7.84. The number of ketones is 1. The summed E-state index contributed by atoms with van der Waals surface area (Å²) >= 11 is 5.97. The number of nitrogens with one attached hydrogen (secondary N) is 1. The van der Waals surface area contributed by atoms with Crippen molar-refractivity contribution in [3.63, 3.8) is 0 Å². The van der Waals surface area contributed by atoms with Crippen LogP contribution in [0.3, 0.4) is 0 Å². The first kappa shape index (κ1) is 22.5. The number of allylic oxidation sites excluding steroid dienone is 2.